The first-order valence-corrected chi connectivity index (χ1v) is 5.73. The van der Waals surface area contributed by atoms with Gasteiger partial charge in [-0.3, -0.25) is 0 Å². The van der Waals surface area contributed by atoms with Crippen molar-refractivity contribution in [2.75, 3.05) is 13.2 Å². The van der Waals surface area contributed by atoms with Gasteiger partial charge >= 0.3 is 0 Å². The highest BCUT2D eigenvalue weighted by atomic mass is 16.5. The molecule has 84 valence electrons. The van der Waals surface area contributed by atoms with E-state index < -0.39 is 0 Å². The van der Waals surface area contributed by atoms with Gasteiger partial charge in [-0.1, -0.05) is 13.3 Å². The molecule has 0 bridgehead atoms. The Hall–Kier alpha value is -0.120. The zero-order valence-electron chi connectivity index (χ0n) is 9.37. The first-order chi connectivity index (χ1) is 6.76. The lowest BCUT2D eigenvalue weighted by Gasteiger charge is -2.16. The minimum atomic E-state index is 0.269. The molecule has 1 rings (SSSR count). The Morgan fingerprint density at radius 1 is 1.43 bits per heavy atom. The summed E-state index contributed by atoms with van der Waals surface area (Å²) >= 11 is 0. The van der Waals surface area contributed by atoms with Crippen molar-refractivity contribution in [3.8, 4) is 0 Å². The quantitative estimate of drug-likeness (QED) is 0.711. The molecular formula is C11H23NO2. The van der Waals surface area contributed by atoms with Crippen molar-refractivity contribution in [3.05, 3.63) is 0 Å². The van der Waals surface area contributed by atoms with Crippen LogP contribution in [0.25, 0.3) is 0 Å². The van der Waals surface area contributed by atoms with Gasteiger partial charge < -0.3 is 15.2 Å². The van der Waals surface area contributed by atoms with Crippen LogP contribution in [0.4, 0.5) is 0 Å². The summed E-state index contributed by atoms with van der Waals surface area (Å²) in [6.45, 7) is 5.67. The van der Waals surface area contributed by atoms with Crippen LogP contribution in [-0.2, 0) is 9.47 Å². The highest BCUT2D eigenvalue weighted by Gasteiger charge is 2.24. The summed E-state index contributed by atoms with van der Waals surface area (Å²) in [5, 5.41) is 0. The largest absolute Gasteiger partial charge is 0.376 e. The van der Waals surface area contributed by atoms with E-state index in [1.165, 1.54) is 6.42 Å². The molecule has 3 atom stereocenters. The van der Waals surface area contributed by atoms with Crippen LogP contribution in [0.5, 0.6) is 0 Å². The topological polar surface area (TPSA) is 44.5 Å². The number of nitrogens with two attached hydrogens (primary N) is 1. The van der Waals surface area contributed by atoms with Crippen LogP contribution < -0.4 is 5.73 Å². The van der Waals surface area contributed by atoms with E-state index in [2.05, 4.69) is 13.8 Å². The van der Waals surface area contributed by atoms with Crippen molar-refractivity contribution in [1.29, 1.82) is 0 Å². The second-order valence-electron chi connectivity index (χ2n) is 4.13. The minimum absolute atomic E-state index is 0.269. The third-order valence-electron chi connectivity index (χ3n) is 2.72. The third kappa shape index (κ3) is 3.95. The van der Waals surface area contributed by atoms with Crippen molar-refractivity contribution < 1.29 is 9.47 Å². The average Bonchev–Trinajstić information content (AvgIpc) is 2.63. The molecule has 0 radical (unpaired) electrons. The van der Waals surface area contributed by atoms with E-state index in [1.807, 2.05) is 0 Å². The lowest BCUT2D eigenvalue weighted by molar-refractivity contribution is -0.0364. The molecule has 3 unspecified atom stereocenters. The maximum absolute atomic E-state index is 5.69. The molecule has 1 fully saturated rings. The Labute approximate surface area is 86.9 Å². The molecule has 1 heterocycles. The number of hydrogen-bond acceptors (Lipinski definition) is 3. The predicted molar refractivity (Wildman–Crippen MR) is 57.3 cm³/mol. The van der Waals surface area contributed by atoms with E-state index in [4.69, 9.17) is 15.2 Å². The molecule has 0 aromatic heterocycles. The summed E-state index contributed by atoms with van der Waals surface area (Å²) in [6, 6.07) is 0. The minimum Gasteiger partial charge on any atom is -0.376 e. The number of ether oxygens (including phenoxy) is 2. The van der Waals surface area contributed by atoms with Crippen LogP contribution in [-0.4, -0.2) is 31.5 Å². The second-order valence-corrected chi connectivity index (χ2v) is 4.13. The standard InChI is InChI=1S/C11H23NO2/c1-3-4-9(2)13-8-11-6-5-10(7-12)14-11/h9-11H,3-8,12H2,1-2H3. The molecule has 0 spiro atoms. The molecule has 1 aliphatic heterocycles. The summed E-state index contributed by atoms with van der Waals surface area (Å²) in [5.41, 5.74) is 5.53. The fourth-order valence-corrected chi connectivity index (χ4v) is 1.84. The molecule has 0 aliphatic carbocycles. The Bertz CT molecular complexity index is 152. The fraction of sp³-hybridized carbons (Fsp3) is 1.00. The first kappa shape index (κ1) is 12.0. The van der Waals surface area contributed by atoms with Crippen LogP contribution in [0.2, 0.25) is 0 Å². The summed E-state index contributed by atoms with van der Waals surface area (Å²) in [6.07, 6.45) is 5.41. The van der Waals surface area contributed by atoms with E-state index in [0.29, 0.717) is 12.6 Å². The van der Waals surface area contributed by atoms with Crippen molar-refractivity contribution in [2.45, 2.75) is 57.8 Å². The average molecular weight is 201 g/mol. The van der Waals surface area contributed by atoms with E-state index in [9.17, 15) is 0 Å². The van der Waals surface area contributed by atoms with Gasteiger partial charge in [0.2, 0.25) is 0 Å². The molecule has 0 aromatic carbocycles. The van der Waals surface area contributed by atoms with E-state index in [1.54, 1.807) is 0 Å². The second kappa shape index (κ2) is 6.38. The van der Waals surface area contributed by atoms with Crippen LogP contribution >= 0.6 is 0 Å². The highest BCUT2D eigenvalue weighted by Crippen LogP contribution is 2.19. The molecule has 3 nitrogen and oxygen atoms in total. The van der Waals surface area contributed by atoms with Crippen molar-refractivity contribution in [3.63, 3.8) is 0 Å². The van der Waals surface area contributed by atoms with E-state index >= 15 is 0 Å². The van der Waals surface area contributed by atoms with Gasteiger partial charge in [-0.2, -0.15) is 0 Å². The van der Waals surface area contributed by atoms with E-state index in [-0.39, 0.29) is 12.2 Å². The first-order valence-electron chi connectivity index (χ1n) is 5.73. The summed E-state index contributed by atoms with van der Waals surface area (Å²) in [5.74, 6) is 0. The molecule has 0 aromatic rings. The van der Waals surface area contributed by atoms with Crippen LogP contribution in [0.3, 0.4) is 0 Å². The van der Waals surface area contributed by atoms with Gasteiger partial charge in [0.15, 0.2) is 0 Å². The highest BCUT2D eigenvalue weighted by molar-refractivity contribution is 4.73. The number of rotatable bonds is 6. The van der Waals surface area contributed by atoms with Gasteiger partial charge in [0.1, 0.15) is 0 Å². The molecule has 0 saturated carbocycles. The molecule has 1 aliphatic rings. The maximum atomic E-state index is 5.69. The molecule has 2 N–H and O–H groups in total. The zero-order valence-corrected chi connectivity index (χ0v) is 9.37. The molecule has 14 heavy (non-hydrogen) atoms. The van der Waals surface area contributed by atoms with Crippen LogP contribution in [0.1, 0.15) is 39.5 Å². The third-order valence-corrected chi connectivity index (χ3v) is 2.72. The van der Waals surface area contributed by atoms with Crippen LogP contribution in [0.15, 0.2) is 0 Å². The van der Waals surface area contributed by atoms with Crippen LogP contribution in [0, 0.1) is 0 Å². The predicted octanol–water partition coefficient (Wildman–Crippen LogP) is 1.70. The van der Waals surface area contributed by atoms with Gasteiger partial charge in [-0.05, 0) is 26.2 Å². The maximum Gasteiger partial charge on any atom is 0.0814 e. The summed E-state index contributed by atoms with van der Waals surface area (Å²) in [7, 11) is 0. The monoisotopic (exact) mass is 201 g/mol. The normalized spacial score (nSPS) is 29.4. The van der Waals surface area contributed by atoms with E-state index in [0.717, 1.165) is 25.9 Å². The Balaban J connectivity index is 2.07. The molecule has 0 amide bonds. The van der Waals surface area contributed by atoms with Gasteiger partial charge in [0.05, 0.1) is 24.9 Å². The van der Waals surface area contributed by atoms with Crippen molar-refractivity contribution in [2.24, 2.45) is 5.73 Å². The number of hydrogen-bond donors (Lipinski definition) is 1. The summed E-state index contributed by atoms with van der Waals surface area (Å²) in [4.78, 5) is 0. The van der Waals surface area contributed by atoms with Crippen molar-refractivity contribution in [1.82, 2.24) is 0 Å². The fourth-order valence-electron chi connectivity index (χ4n) is 1.84. The van der Waals surface area contributed by atoms with Gasteiger partial charge in [-0.25, -0.2) is 0 Å². The SMILES string of the molecule is CCCC(C)OCC1CCC(CN)O1. The van der Waals surface area contributed by atoms with Gasteiger partial charge in [-0.15, -0.1) is 0 Å². The Morgan fingerprint density at radius 2 is 2.14 bits per heavy atom. The Kier molecular flexibility index (Phi) is 5.45. The van der Waals surface area contributed by atoms with Crippen molar-refractivity contribution >= 4 is 0 Å². The van der Waals surface area contributed by atoms with Gasteiger partial charge in [0, 0.05) is 6.54 Å². The Morgan fingerprint density at radius 3 is 2.71 bits per heavy atom. The summed E-state index contributed by atoms with van der Waals surface area (Å²) < 4.78 is 11.4. The zero-order chi connectivity index (χ0) is 10.4. The lowest BCUT2D eigenvalue weighted by atomic mass is 10.2. The smallest absolute Gasteiger partial charge is 0.0814 e. The molecule has 1 saturated heterocycles. The van der Waals surface area contributed by atoms with Gasteiger partial charge in [0.25, 0.3) is 0 Å². The molecular weight excluding hydrogens is 178 g/mol. The lowest BCUT2D eigenvalue weighted by Crippen LogP contribution is -2.24. The molecule has 3 heteroatoms.